The number of rotatable bonds is 7. The van der Waals surface area contributed by atoms with Crippen molar-refractivity contribution in [2.24, 2.45) is 0 Å². The number of aliphatic hydroxyl groups is 1. The molecule has 0 radical (unpaired) electrons. The van der Waals surface area contributed by atoms with Crippen molar-refractivity contribution in [2.75, 3.05) is 18.6 Å². The average molecular weight is 215 g/mol. The van der Waals surface area contributed by atoms with Gasteiger partial charge in [-0.05, 0) is 12.7 Å². The van der Waals surface area contributed by atoms with Gasteiger partial charge in [0.1, 0.15) is 0 Å². The highest BCUT2D eigenvalue weighted by Gasteiger charge is 2.06. The van der Waals surface area contributed by atoms with Gasteiger partial charge in [-0.1, -0.05) is 0 Å². The predicted molar refractivity (Wildman–Crippen MR) is 59.3 cm³/mol. The zero-order chi connectivity index (χ0) is 10.2. The maximum absolute atomic E-state index is 8.85. The summed E-state index contributed by atoms with van der Waals surface area (Å²) < 4.78 is 0. The molecule has 1 heterocycles. The molecule has 1 atom stereocenters. The van der Waals surface area contributed by atoms with Gasteiger partial charge >= 0.3 is 0 Å². The summed E-state index contributed by atoms with van der Waals surface area (Å²) in [6.45, 7) is 1.02. The third-order valence-electron chi connectivity index (χ3n) is 1.98. The molecule has 0 saturated carbocycles. The zero-order valence-corrected chi connectivity index (χ0v) is 9.18. The second kappa shape index (κ2) is 6.86. The summed E-state index contributed by atoms with van der Waals surface area (Å²) in [5, 5.41) is 12.2. The van der Waals surface area contributed by atoms with E-state index in [2.05, 4.69) is 21.5 Å². The van der Waals surface area contributed by atoms with E-state index in [0.717, 1.165) is 24.4 Å². The summed E-state index contributed by atoms with van der Waals surface area (Å²) in [5.41, 5.74) is 1.08. The van der Waals surface area contributed by atoms with Crippen molar-refractivity contribution in [3.8, 4) is 0 Å². The minimum atomic E-state index is 0.237. The number of aromatic nitrogens is 2. The van der Waals surface area contributed by atoms with E-state index in [1.54, 1.807) is 18.1 Å². The van der Waals surface area contributed by atoms with Gasteiger partial charge < -0.3 is 15.4 Å². The standard InChI is InChI=1S/C9H17N3OS/c1-14-6-8(2-3-13)11-5-9-4-10-7-12-9/h4,7-8,11,13H,2-3,5-6H2,1H3,(H,10,12). The molecule has 0 fully saturated rings. The van der Waals surface area contributed by atoms with Crippen LogP contribution in [0, 0.1) is 0 Å². The SMILES string of the molecule is CSCC(CCO)NCc1cnc[nH]1. The molecule has 1 aromatic heterocycles. The number of nitrogens with zero attached hydrogens (tertiary/aromatic N) is 1. The van der Waals surface area contributed by atoms with Crippen molar-refractivity contribution in [2.45, 2.75) is 19.0 Å². The molecule has 0 aliphatic heterocycles. The summed E-state index contributed by atoms with van der Waals surface area (Å²) in [5.74, 6) is 1.02. The third-order valence-corrected chi connectivity index (χ3v) is 2.72. The van der Waals surface area contributed by atoms with Crippen LogP contribution in [0.3, 0.4) is 0 Å². The monoisotopic (exact) mass is 215 g/mol. The largest absolute Gasteiger partial charge is 0.396 e. The first-order chi connectivity index (χ1) is 6.86. The van der Waals surface area contributed by atoms with Crippen LogP contribution in [0.5, 0.6) is 0 Å². The van der Waals surface area contributed by atoms with E-state index in [1.165, 1.54) is 0 Å². The first-order valence-corrected chi connectivity index (χ1v) is 6.06. The van der Waals surface area contributed by atoms with E-state index >= 15 is 0 Å². The quantitative estimate of drug-likeness (QED) is 0.624. The zero-order valence-electron chi connectivity index (χ0n) is 8.36. The number of imidazole rings is 1. The maximum Gasteiger partial charge on any atom is 0.0922 e. The molecule has 14 heavy (non-hydrogen) atoms. The predicted octanol–water partition coefficient (Wildman–Crippen LogP) is 0.613. The molecule has 5 heteroatoms. The lowest BCUT2D eigenvalue weighted by molar-refractivity contribution is 0.269. The maximum atomic E-state index is 8.85. The Morgan fingerprint density at radius 1 is 1.71 bits per heavy atom. The molecule has 0 aromatic carbocycles. The summed E-state index contributed by atoms with van der Waals surface area (Å²) in [4.78, 5) is 6.98. The van der Waals surface area contributed by atoms with Crippen molar-refractivity contribution >= 4 is 11.8 Å². The number of aliphatic hydroxyl groups excluding tert-OH is 1. The normalized spacial score (nSPS) is 13.0. The van der Waals surface area contributed by atoms with E-state index in [0.29, 0.717) is 6.04 Å². The van der Waals surface area contributed by atoms with Gasteiger partial charge in [-0.25, -0.2) is 4.98 Å². The summed E-state index contributed by atoms with van der Waals surface area (Å²) >= 11 is 1.79. The molecule has 0 bridgehead atoms. The first-order valence-electron chi connectivity index (χ1n) is 4.67. The van der Waals surface area contributed by atoms with Gasteiger partial charge in [-0.2, -0.15) is 11.8 Å². The molecule has 0 aliphatic rings. The Morgan fingerprint density at radius 2 is 2.57 bits per heavy atom. The first kappa shape index (κ1) is 11.6. The van der Waals surface area contributed by atoms with Crippen LogP contribution >= 0.6 is 11.8 Å². The lowest BCUT2D eigenvalue weighted by Gasteiger charge is -2.15. The fourth-order valence-corrected chi connectivity index (χ4v) is 1.92. The van der Waals surface area contributed by atoms with E-state index < -0.39 is 0 Å². The Bertz CT molecular complexity index is 222. The van der Waals surface area contributed by atoms with Gasteiger partial charge in [0.25, 0.3) is 0 Å². The van der Waals surface area contributed by atoms with Crippen LogP contribution in [0.1, 0.15) is 12.1 Å². The van der Waals surface area contributed by atoms with Crippen molar-refractivity contribution < 1.29 is 5.11 Å². The minimum absolute atomic E-state index is 0.237. The topological polar surface area (TPSA) is 60.9 Å². The number of nitrogens with one attached hydrogen (secondary N) is 2. The molecule has 0 spiro atoms. The van der Waals surface area contributed by atoms with Gasteiger partial charge in [0.15, 0.2) is 0 Å². The molecule has 1 rings (SSSR count). The van der Waals surface area contributed by atoms with Crippen molar-refractivity contribution in [3.05, 3.63) is 18.2 Å². The van der Waals surface area contributed by atoms with Crippen LogP contribution in [0.15, 0.2) is 12.5 Å². The van der Waals surface area contributed by atoms with Crippen molar-refractivity contribution in [1.29, 1.82) is 0 Å². The molecule has 0 aliphatic carbocycles. The number of hydrogen-bond donors (Lipinski definition) is 3. The molecular weight excluding hydrogens is 198 g/mol. The molecular formula is C9H17N3OS. The van der Waals surface area contributed by atoms with Crippen LogP contribution in [0.2, 0.25) is 0 Å². The molecule has 4 nitrogen and oxygen atoms in total. The van der Waals surface area contributed by atoms with E-state index in [9.17, 15) is 0 Å². The Morgan fingerprint density at radius 3 is 3.14 bits per heavy atom. The van der Waals surface area contributed by atoms with Crippen molar-refractivity contribution in [3.63, 3.8) is 0 Å². The van der Waals surface area contributed by atoms with Gasteiger partial charge in [0, 0.05) is 36.8 Å². The Hall–Kier alpha value is -0.520. The highest BCUT2D eigenvalue weighted by molar-refractivity contribution is 7.98. The van der Waals surface area contributed by atoms with E-state index in [4.69, 9.17) is 5.11 Å². The number of hydrogen-bond acceptors (Lipinski definition) is 4. The summed E-state index contributed by atoms with van der Waals surface area (Å²) in [6, 6.07) is 0.373. The van der Waals surface area contributed by atoms with Crippen LogP contribution < -0.4 is 5.32 Å². The fraction of sp³-hybridized carbons (Fsp3) is 0.667. The molecule has 80 valence electrons. The second-order valence-electron chi connectivity index (χ2n) is 3.12. The molecule has 0 amide bonds. The Labute approximate surface area is 88.5 Å². The van der Waals surface area contributed by atoms with Crippen LogP contribution in [-0.2, 0) is 6.54 Å². The minimum Gasteiger partial charge on any atom is -0.396 e. The Balaban J connectivity index is 2.25. The van der Waals surface area contributed by atoms with Crippen LogP contribution in [-0.4, -0.2) is 39.7 Å². The number of aromatic amines is 1. The summed E-state index contributed by atoms with van der Waals surface area (Å²) in [6.07, 6.45) is 6.35. The van der Waals surface area contributed by atoms with Gasteiger partial charge in [0.2, 0.25) is 0 Å². The van der Waals surface area contributed by atoms with E-state index in [-0.39, 0.29) is 6.61 Å². The lowest BCUT2D eigenvalue weighted by atomic mass is 10.2. The fourth-order valence-electron chi connectivity index (χ4n) is 1.24. The van der Waals surface area contributed by atoms with Crippen LogP contribution in [0.4, 0.5) is 0 Å². The number of H-pyrrole nitrogens is 1. The van der Waals surface area contributed by atoms with Gasteiger partial charge in [-0.3, -0.25) is 0 Å². The molecule has 1 unspecified atom stereocenters. The van der Waals surface area contributed by atoms with Gasteiger partial charge in [0.05, 0.1) is 6.33 Å². The molecule has 3 N–H and O–H groups in total. The highest BCUT2D eigenvalue weighted by atomic mass is 32.2. The van der Waals surface area contributed by atoms with Gasteiger partial charge in [-0.15, -0.1) is 0 Å². The number of thioether (sulfide) groups is 1. The highest BCUT2D eigenvalue weighted by Crippen LogP contribution is 2.02. The van der Waals surface area contributed by atoms with Crippen molar-refractivity contribution in [1.82, 2.24) is 15.3 Å². The third kappa shape index (κ3) is 4.13. The summed E-state index contributed by atoms with van der Waals surface area (Å²) in [7, 11) is 0. The smallest absolute Gasteiger partial charge is 0.0922 e. The van der Waals surface area contributed by atoms with Crippen LogP contribution in [0.25, 0.3) is 0 Å². The molecule has 0 saturated heterocycles. The second-order valence-corrected chi connectivity index (χ2v) is 4.03. The lowest BCUT2D eigenvalue weighted by Crippen LogP contribution is -2.31. The molecule has 1 aromatic rings. The van der Waals surface area contributed by atoms with E-state index in [1.807, 2.05) is 6.20 Å². The Kier molecular flexibility index (Phi) is 5.66. The average Bonchev–Trinajstić information content (AvgIpc) is 2.67.